The van der Waals surface area contributed by atoms with Gasteiger partial charge in [-0.3, -0.25) is 0 Å². The summed E-state index contributed by atoms with van der Waals surface area (Å²) in [7, 11) is 0. The third-order valence-corrected chi connectivity index (χ3v) is 8.85. The predicted octanol–water partition coefficient (Wildman–Crippen LogP) is 12.3. The molecule has 0 aliphatic heterocycles. The molecule has 1 aromatic rings. The molecule has 210 valence electrons. The number of hydrogen-bond donors (Lipinski definition) is 3. The molecular weight excluding hydrogens is 476 g/mol. The lowest BCUT2D eigenvalue weighted by atomic mass is 9.95. The molecule has 0 saturated carbocycles. The van der Waals surface area contributed by atoms with Crippen molar-refractivity contribution in [3.63, 3.8) is 0 Å². The zero-order chi connectivity index (χ0) is 26.4. The largest absolute Gasteiger partial charge is 0.507 e. The lowest BCUT2D eigenvalue weighted by Crippen LogP contribution is -1.99. The Kier molecular flexibility index (Phi) is 21.3. The van der Waals surface area contributed by atoms with Gasteiger partial charge in [-0.1, -0.05) is 148 Å². The number of unbranched alkanes of at least 4 members (excludes halogenated alkanes) is 18. The summed E-state index contributed by atoms with van der Waals surface area (Å²) in [5, 5.41) is 11.1. The molecule has 1 rings (SSSR count). The Hall–Kier alpha value is -0.280. The van der Waals surface area contributed by atoms with Gasteiger partial charge in [-0.2, -0.15) is 25.3 Å². The highest BCUT2D eigenvalue weighted by atomic mass is 32.1. The van der Waals surface area contributed by atoms with Gasteiger partial charge in [0.05, 0.1) is 0 Å². The van der Waals surface area contributed by atoms with Crippen LogP contribution in [0.3, 0.4) is 0 Å². The van der Waals surface area contributed by atoms with Crippen LogP contribution in [0.2, 0.25) is 0 Å². The van der Waals surface area contributed by atoms with Crippen molar-refractivity contribution in [2.24, 2.45) is 0 Å². The fourth-order valence-electron chi connectivity index (χ4n) is 5.25. The van der Waals surface area contributed by atoms with Crippen LogP contribution in [0.4, 0.5) is 0 Å². The molecule has 0 radical (unpaired) electrons. The van der Waals surface area contributed by atoms with E-state index in [0.717, 1.165) is 24.0 Å². The minimum Gasteiger partial charge on any atom is -0.507 e. The van der Waals surface area contributed by atoms with Crippen molar-refractivity contribution < 1.29 is 5.11 Å². The van der Waals surface area contributed by atoms with Crippen molar-refractivity contribution >= 4 is 25.3 Å². The lowest BCUT2D eigenvalue weighted by Gasteiger charge is -2.19. The number of phenols is 1. The first-order valence-corrected chi connectivity index (χ1v) is 16.7. The molecule has 0 saturated heterocycles. The first kappa shape index (κ1) is 33.7. The molecule has 0 amide bonds. The molecule has 1 N–H and O–H groups in total. The van der Waals surface area contributed by atoms with Crippen LogP contribution in [0.15, 0.2) is 12.1 Å². The zero-order valence-corrected chi connectivity index (χ0v) is 26.0. The van der Waals surface area contributed by atoms with E-state index in [-0.39, 0.29) is 10.5 Å². The van der Waals surface area contributed by atoms with E-state index >= 15 is 0 Å². The van der Waals surface area contributed by atoms with E-state index in [4.69, 9.17) is 25.3 Å². The predicted molar refractivity (Wildman–Crippen MR) is 169 cm³/mol. The number of benzene rings is 1. The Morgan fingerprint density at radius 3 is 1.33 bits per heavy atom. The first-order chi connectivity index (χ1) is 17.5. The fraction of sp³-hybridized carbons (Fsp3) is 0.818. The number of aryl methyl sites for hydroxylation is 1. The summed E-state index contributed by atoms with van der Waals surface area (Å²) in [6.07, 6.45) is 29.3. The minimum atomic E-state index is 0.107. The van der Waals surface area contributed by atoms with E-state index in [9.17, 15) is 5.11 Å². The topological polar surface area (TPSA) is 20.2 Å². The van der Waals surface area contributed by atoms with Crippen molar-refractivity contribution in [2.45, 2.75) is 173 Å². The van der Waals surface area contributed by atoms with Crippen LogP contribution >= 0.6 is 25.3 Å². The van der Waals surface area contributed by atoms with E-state index in [0.29, 0.717) is 5.75 Å². The van der Waals surface area contributed by atoms with Gasteiger partial charge in [-0.05, 0) is 37.0 Å². The van der Waals surface area contributed by atoms with E-state index in [1.807, 2.05) is 6.92 Å². The molecular formula is C33H60OS2. The van der Waals surface area contributed by atoms with Crippen molar-refractivity contribution in [3.8, 4) is 5.75 Å². The summed E-state index contributed by atoms with van der Waals surface area (Å²) in [6.45, 7) is 6.58. The van der Waals surface area contributed by atoms with Crippen LogP contribution in [0.5, 0.6) is 5.75 Å². The quantitative estimate of drug-likeness (QED) is 0.0886. The Morgan fingerprint density at radius 2 is 0.917 bits per heavy atom. The Bertz CT molecular complexity index is 645. The summed E-state index contributed by atoms with van der Waals surface area (Å²) in [5.74, 6) is 0.435. The van der Waals surface area contributed by atoms with Gasteiger partial charge in [-0.15, -0.1) is 0 Å². The third-order valence-electron chi connectivity index (χ3n) is 7.76. The van der Waals surface area contributed by atoms with Crippen LogP contribution in [0.25, 0.3) is 0 Å². The number of phenolic OH excluding ortho intramolecular Hbond substituents is 1. The Morgan fingerprint density at radius 1 is 0.556 bits per heavy atom. The molecule has 2 unspecified atom stereocenters. The molecule has 0 aliphatic rings. The Balaban J connectivity index is 2.30. The second-order valence-corrected chi connectivity index (χ2v) is 12.5. The monoisotopic (exact) mass is 536 g/mol. The average molecular weight is 537 g/mol. The SMILES string of the molecule is CCCCCCCCCCCCC(S)c1cc(C)c(O)c(C(S)CCCCCCCCCCCC)c1. The maximum atomic E-state index is 10.7. The molecule has 1 nitrogen and oxygen atoms in total. The molecule has 0 bridgehead atoms. The maximum absolute atomic E-state index is 10.7. The van der Waals surface area contributed by atoms with E-state index in [1.165, 1.54) is 134 Å². The van der Waals surface area contributed by atoms with Crippen LogP contribution in [-0.2, 0) is 0 Å². The van der Waals surface area contributed by atoms with Gasteiger partial charge in [-0.25, -0.2) is 0 Å². The van der Waals surface area contributed by atoms with Crippen molar-refractivity contribution in [1.82, 2.24) is 0 Å². The molecule has 0 heterocycles. The molecule has 1 aromatic carbocycles. The fourth-order valence-corrected chi connectivity index (χ4v) is 5.97. The summed E-state index contributed by atoms with van der Waals surface area (Å²) in [5.41, 5.74) is 3.22. The summed E-state index contributed by atoms with van der Waals surface area (Å²) >= 11 is 9.85. The smallest absolute Gasteiger partial charge is 0.122 e. The van der Waals surface area contributed by atoms with E-state index < -0.39 is 0 Å². The van der Waals surface area contributed by atoms with Gasteiger partial charge >= 0.3 is 0 Å². The second-order valence-electron chi connectivity index (χ2n) is 11.2. The van der Waals surface area contributed by atoms with Gasteiger partial charge in [0, 0.05) is 16.1 Å². The number of aromatic hydroxyl groups is 1. The standard InChI is InChI=1S/C33H60OS2/c1-4-6-8-10-12-14-16-18-20-22-24-31(35)29-26-28(3)33(34)30(27-29)32(36)25-23-21-19-17-15-13-11-9-7-5-2/h26-27,31-32,34-36H,4-25H2,1-3H3. The highest BCUT2D eigenvalue weighted by Crippen LogP contribution is 2.39. The molecule has 0 aliphatic carbocycles. The third kappa shape index (κ3) is 15.9. The summed E-state index contributed by atoms with van der Waals surface area (Å²) in [6, 6.07) is 4.32. The van der Waals surface area contributed by atoms with E-state index in [2.05, 4.69) is 26.0 Å². The summed E-state index contributed by atoms with van der Waals surface area (Å²) in [4.78, 5) is 0. The number of rotatable bonds is 24. The molecule has 0 spiro atoms. The highest BCUT2D eigenvalue weighted by Gasteiger charge is 2.17. The van der Waals surface area contributed by atoms with Gasteiger partial charge in [0.25, 0.3) is 0 Å². The number of hydrogen-bond acceptors (Lipinski definition) is 3. The van der Waals surface area contributed by atoms with Gasteiger partial charge in [0.2, 0.25) is 0 Å². The van der Waals surface area contributed by atoms with E-state index in [1.54, 1.807) is 0 Å². The van der Waals surface area contributed by atoms with Crippen LogP contribution < -0.4 is 0 Å². The first-order valence-electron chi connectivity index (χ1n) is 15.7. The van der Waals surface area contributed by atoms with Crippen LogP contribution in [0.1, 0.15) is 182 Å². The normalized spacial score (nSPS) is 13.2. The minimum absolute atomic E-state index is 0.107. The van der Waals surface area contributed by atoms with Crippen molar-refractivity contribution in [2.75, 3.05) is 0 Å². The lowest BCUT2D eigenvalue weighted by molar-refractivity contribution is 0.460. The zero-order valence-electron chi connectivity index (χ0n) is 24.2. The second kappa shape index (κ2) is 22.7. The molecule has 36 heavy (non-hydrogen) atoms. The molecule has 2 atom stereocenters. The Labute approximate surface area is 236 Å². The molecule has 0 aromatic heterocycles. The molecule has 0 fully saturated rings. The summed E-state index contributed by atoms with van der Waals surface area (Å²) < 4.78 is 0. The molecule has 3 heteroatoms. The van der Waals surface area contributed by atoms with Crippen LogP contribution in [-0.4, -0.2) is 5.11 Å². The van der Waals surface area contributed by atoms with Crippen LogP contribution in [0, 0.1) is 6.92 Å². The van der Waals surface area contributed by atoms with Crippen molar-refractivity contribution in [3.05, 3.63) is 28.8 Å². The number of thiol groups is 2. The van der Waals surface area contributed by atoms with Gasteiger partial charge < -0.3 is 5.11 Å². The maximum Gasteiger partial charge on any atom is 0.122 e. The van der Waals surface area contributed by atoms with Crippen molar-refractivity contribution in [1.29, 1.82) is 0 Å². The highest BCUT2D eigenvalue weighted by molar-refractivity contribution is 7.80. The average Bonchev–Trinajstić information content (AvgIpc) is 2.87. The van der Waals surface area contributed by atoms with Gasteiger partial charge in [0.1, 0.15) is 5.75 Å². The van der Waals surface area contributed by atoms with Gasteiger partial charge in [0.15, 0.2) is 0 Å².